The van der Waals surface area contributed by atoms with Gasteiger partial charge in [0, 0.05) is 4.88 Å². The van der Waals surface area contributed by atoms with Crippen molar-refractivity contribution in [3.05, 3.63) is 46.1 Å². The molecule has 28 heavy (non-hydrogen) atoms. The van der Waals surface area contributed by atoms with Gasteiger partial charge in [0.05, 0.1) is 17.6 Å². The van der Waals surface area contributed by atoms with Gasteiger partial charge >= 0.3 is 11.9 Å². The summed E-state index contributed by atoms with van der Waals surface area (Å²) in [6.45, 7) is 7.88. The number of fused-ring (bicyclic) bond motifs is 1. The fourth-order valence-electron chi connectivity index (χ4n) is 2.68. The molecule has 0 atom stereocenters. The van der Waals surface area contributed by atoms with Crippen LogP contribution in [0.4, 0.5) is 5.82 Å². The minimum Gasteiger partial charge on any atom is -0.462 e. The predicted octanol–water partition coefficient (Wildman–Crippen LogP) is 3.81. The summed E-state index contributed by atoms with van der Waals surface area (Å²) < 4.78 is 10.2. The molecule has 0 radical (unpaired) electrons. The monoisotopic (exact) mass is 399 g/mol. The van der Waals surface area contributed by atoms with Crippen LogP contribution in [0.2, 0.25) is 0 Å². The summed E-state index contributed by atoms with van der Waals surface area (Å²) in [4.78, 5) is 34.8. The molecule has 0 saturated carbocycles. The highest BCUT2D eigenvalue weighted by Gasteiger charge is 2.15. The van der Waals surface area contributed by atoms with E-state index in [1.165, 1.54) is 4.88 Å². The van der Waals surface area contributed by atoms with Crippen molar-refractivity contribution in [2.24, 2.45) is 0 Å². The summed E-state index contributed by atoms with van der Waals surface area (Å²) >= 11 is 1.61. The van der Waals surface area contributed by atoms with Gasteiger partial charge in [-0.15, -0.1) is 11.3 Å². The Hall–Kier alpha value is -3.00. The summed E-state index contributed by atoms with van der Waals surface area (Å²) in [5.41, 5.74) is 1.51. The number of nitrogens with one attached hydrogen (secondary N) is 1. The zero-order valence-corrected chi connectivity index (χ0v) is 17.0. The molecule has 3 rings (SSSR count). The van der Waals surface area contributed by atoms with E-state index in [0.717, 1.165) is 15.8 Å². The molecule has 2 aromatic heterocycles. The van der Waals surface area contributed by atoms with Crippen LogP contribution >= 0.6 is 11.3 Å². The SMILES string of the molecule is CCOC(=O)c1ccc(OC(=O)CNc2nc(C)nc3sc(C)c(C)c23)cc1. The van der Waals surface area contributed by atoms with Crippen LogP contribution in [0, 0.1) is 20.8 Å². The molecule has 8 heteroatoms. The largest absolute Gasteiger partial charge is 0.462 e. The van der Waals surface area contributed by atoms with Gasteiger partial charge in [-0.05, 0) is 57.5 Å². The fourth-order valence-corrected chi connectivity index (χ4v) is 3.76. The second kappa shape index (κ2) is 8.35. The average Bonchev–Trinajstić information content (AvgIpc) is 2.94. The number of ether oxygens (including phenoxy) is 2. The van der Waals surface area contributed by atoms with E-state index in [4.69, 9.17) is 9.47 Å². The predicted molar refractivity (Wildman–Crippen MR) is 108 cm³/mol. The van der Waals surface area contributed by atoms with Crippen LogP contribution in [0.5, 0.6) is 5.75 Å². The fraction of sp³-hybridized carbons (Fsp3) is 0.300. The molecule has 7 nitrogen and oxygen atoms in total. The lowest BCUT2D eigenvalue weighted by Crippen LogP contribution is -2.20. The van der Waals surface area contributed by atoms with Crippen molar-refractivity contribution in [1.82, 2.24) is 9.97 Å². The molecule has 0 spiro atoms. The Labute approximate surface area is 166 Å². The van der Waals surface area contributed by atoms with Crippen molar-refractivity contribution in [1.29, 1.82) is 0 Å². The number of aromatic nitrogens is 2. The minimum absolute atomic E-state index is 0.0421. The standard InChI is InChI=1S/C20H21N3O4S/c1-5-26-20(25)14-6-8-15(9-7-14)27-16(24)10-21-18-17-11(2)12(3)28-19(17)23-13(4)22-18/h6-9H,5,10H2,1-4H3,(H,21,22,23). The number of benzene rings is 1. The number of aryl methyl sites for hydroxylation is 3. The molecule has 0 unspecified atom stereocenters. The molecule has 0 fully saturated rings. The smallest absolute Gasteiger partial charge is 0.338 e. The molecule has 0 bridgehead atoms. The summed E-state index contributed by atoms with van der Waals surface area (Å²) in [6, 6.07) is 6.23. The van der Waals surface area contributed by atoms with E-state index in [-0.39, 0.29) is 6.54 Å². The van der Waals surface area contributed by atoms with Crippen molar-refractivity contribution in [3.63, 3.8) is 0 Å². The molecule has 0 amide bonds. The molecular weight excluding hydrogens is 378 g/mol. The number of hydrogen-bond donors (Lipinski definition) is 1. The molecule has 0 aliphatic carbocycles. The lowest BCUT2D eigenvalue weighted by Gasteiger charge is -2.09. The number of nitrogens with zero attached hydrogens (tertiary/aromatic N) is 2. The molecule has 2 heterocycles. The van der Waals surface area contributed by atoms with Crippen molar-refractivity contribution >= 4 is 39.3 Å². The average molecular weight is 399 g/mol. The first kappa shape index (κ1) is 19.8. The zero-order chi connectivity index (χ0) is 20.3. The molecule has 0 aliphatic rings. The summed E-state index contributed by atoms with van der Waals surface area (Å²) in [5.74, 6) is 0.745. The van der Waals surface area contributed by atoms with Gasteiger partial charge < -0.3 is 14.8 Å². The lowest BCUT2D eigenvalue weighted by molar-refractivity contribution is -0.132. The summed E-state index contributed by atoms with van der Waals surface area (Å²) in [5, 5.41) is 3.99. The Kier molecular flexibility index (Phi) is 5.89. The maximum absolute atomic E-state index is 12.2. The van der Waals surface area contributed by atoms with Crippen LogP contribution in [-0.4, -0.2) is 35.1 Å². The summed E-state index contributed by atoms with van der Waals surface area (Å²) in [6.07, 6.45) is 0. The van der Waals surface area contributed by atoms with Crippen LogP contribution in [0.15, 0.2) is 24.3 Å². The number of anilines is 1. The van der Waals surface area contributed by atoms with Gasteiger partial charge in [0.2, 0.25) is 0 Å². The number of esters is 2. The number of carbonyl (C=O) groups excluding carboxylic acids is 2. The zero-order valence-electron chi connectivity index (χ0n) is 16.2. The van der Waals surface area contributed by atoms with Gasteiger partial charge in [-0.25, -0.2) is 19.6 Å². The van der Waals surface area contributed by atoms with Crippen LogP contribution in [0.25, 0.3) is 10.2 Å². The Morgan fingerprint density at radius 2 is 1.82 bits per heavy atom. The quantitative estimate of drug-likeness (QED) is 0.498. The molecular formula is C20H21N3O4S. The van der Waals surface area contributed by atoms with Gasteiger partial charge in [-0.2, -0.15) is 0 Å². The normalized spacial score (nSPS) is 10.7. The third kappa shape index (κ3) is 4.28. The van der Waals surface area contributed by atoms with Crippen molar-refractivity contribution in [2.45, 2.75) is 27.7 Å². The summed E-state index contributed by atoms with van der Waals surface area (Å²) in [7, 11) is 0. The Morgan fingerprint density at radius 1 is 1.11 bits per heavy atom. The van der Waals surface area contributed by atoms with Gasteiger partial charge in [0.15, 0.2) is 0 Å². The molecule has 0 saturated heterocycles. The molecule has 3 aromatic rings. The number of thiophene rings is 1. The van der Waals surface area contributed by atoms with Gasteiger partial charge in [0.25, 0.3) is 0 Å². The maximum atomic E-state index is 12.2. The van der Waals surface area contributed by atoms with E-state index in [1.54, 1.807) is 42.5 Å². The van der Waals surface area contributed by atoms with E-state index in [0.29, 0.717) is 29.6 Å². The van der Waals surface area contributed by atoms with Gasteiger partial charge in [-0.3, -0.25) is 0 Å². The molecule has 1 N–H and O–H groups in total. The van der Waals surface area contributed by atoms with Crippen molar-refractivity contribution < 1.29 is 19.1 Å². The second-order valence-electron chi connectivity index (χ2n) is 6.16. The van der Waals surface area contributed by atoms with Crippen molar-refractivity contribution in [3.8, 4) is 5.75 Å². The van der Waals surface area contributed by atoms with Gasteiger partial charge in [0.1, 0.15) is 28.8 Å². The first-order valence-corrected chi connectivity index (χ1v) is 9.66. The van der Waals surface area contributed by atoms with E-state index >= 15 is 0 Å². The molecule has 1 aromatic carbocycles. The van der Waals surface area contributed by atoms with Crippen LogP contribution < -0.4 is 10.1 Å². The number of rotatable bonds is 6. The highest BCUT2D eigenvalue weighted by Crippen LogP contribution is 2.33. The van der Waals surface area contributed by atoms with E-state index in [9.17, 15) is 9.59 Å². The topological polar surface area (TPSA) is 90.4 Å². The number of carbonyl (C=O) groups is 2. The van der Waals surface area contributed by atoms with E-state index < -0.39 is 11.9 Å². The Morgan fingerprint density at radius 3 is 2.50 bits per heavy atom. The first-order chi connectivity index (χ1) is 13.4. The van der Waals surface area contributed by atoms with E-state index in [2.05, 4.69) is 15.3 Å². The minimum atomic E-state index is -0.460. The number of hydrogen-bond acceptors (Lipinski definition) is 8. The van der Waals surface area contributed by atoms with Crippen LogP contribution in [0.1, 0.15) is 33.5 Å². The highest BCUT2D eigenvalue weighted by molar-refractivity contribution is 7.18. The molecule has 146 valence electrons. The molecule has 0 aliphatic heterocycles. The van der Waals surface area contributed by atoms with E-state index in [1.807, 2.05) is 20.8 Å². The van der Waals surface area contributed by atoms with Crippen LogP contribution in [-0.2, 0) is 9.53 Å². The van der Waals surface area contributed by atoms with Crippen molar-refractivity contribution in [2.75, 3.05) is 18.5 Å². The lowest BCUT2D eigenvalue weighted by atomic mass is 10.2. The Balaban J connectivity index is 1.66. The third-order valence-corrected chi connectivity index (χ3v) is 5.24. The van der Waals surface area contributed by atoms with Gasteiger partial charge in [-0.1, -0.05) is 0 Å². The first-order valence-electron chi connectivity index (χ1n) is 8.85. The third-order valence-electron chi connectivity index (χ3n) is 4.14. The van der Waals surface area contributed by atoms with Crippen LogP contribution in [0.3, 0.4) is 0 Å². The maximum Gasteiger partial charge on any atom is 0.338 e. The Bertz CT molecular complexity index is 1030. The second-order valence-corrected chi connectivity index (χ2v) is 7.36. The highest BCUT2D eigenvalue weighted by atomic mass is 32.1.